The molecular formula is C13H21N3O3S. The molecule has 0 saturated carbocycles. The van der Waals surface area contributed by atoms with Gasteiger partial charge in [0.25, 0.3) is 0 Å². The number of amides is 1. The van der Waals surface area contributed by atoms with E-state index in [0.29, 0.717) is 30.9 Å². The number of nitrogen functional groups attached to an aromatic ring is 1. The van der Waals surface area contributed by atoms with E-state index in [1.54, 1.807) is 31.3 Å². The fourth-order valence-electron chi connectivity index (χ4n) is 1.57. The van der Waals surface area contributed by atoms with E-state index in [4.69, 9.17) is 5.73 Å². The van der Waals surface area contributed by atoms with Gasteiger partial charge < -0.3 is 16.0 Å². The fourth-order valence-corrected chi connectivity index (χ4v) is 2.21. The number of rotatable bonds is 7. The molecular weight excluding hydrogens is 278 g/mol. The van der Waals surface area contributed by atoms with Crippen LogP contribution in [0.1, 0.15) is 6.42 Å². The van der Waals surface area contributed by atoms with E-state index in [2.05, 4.69) is 5.32 Å². The number of sulfone groups is 1. The lowest BCUT2D eigenvalue weighted by Gasteiger charge is -2.15. The van der Waals surface area contributed by atoms with Crippen molar-refractivity contribution < 1.29 is 13.2 Å². The van der Waals surface area contributed by atoms with Gasteiger partial charge in [0.15, 0.2) is 0 Å². The summed E-state index contributed by atoms with van der Waals surface area (Å²) in [5.41, 5.74) is 6.87. The monoisotopic (exact) mass is 299 g/mol. The summed E-state index contributed by atoms with van der Waals surface area (Å²) in [6, 6.07) is 6.96. The molecule has 6 nitrogen and oxygen atoms in total. The van der Waals surface area contributed by atoms with E-state index < -0.39 is 9.84 Å². The van der Waals surface area contributed by atoms with Crippen molar-refractivity contribution in [2.24, 2.45) is 0 Å². The van der Waals surface area contributed by atoms with E-state index >= 15 is 0 Å². The largest absolute Gasteiger partial charge is 0.399 e. The minimum Gasteiger partial charge on any atom is -0.399 e. The first-order valence-corrected chi connectivity index (χ1v) is 8.34. The zero-order chi connectivity index (χ0) is 15.2. The second-order valence-electron chi connectivity index (χ2n) is 4.86. The molecule has 0 saturated heterocycles. The van der Waals surface area contributed by atoms with Gasteiger partial charge in [-0.3, -0.25) is 4.79 Å². The number of hydrogen-bond donors (Lipinski definition) is 2. The molecule has 1 aromatic rings. The Labute approximate surface area is 119 Å². The third-order valence-corrected chi connectivity index (χ3v) is 3.66. The average Bonchev–Trinajstić information content (AvgIpc) is 2.33. The number of benzene rings is 1. The Morgan fingerprint density at radius 2 is 2.05 bits per heavy atom. The summed E-state index contributed by atoms with van der Waals surface area (Å²) in [5, 5.41) is 2.75. The van der Waals surface area contributed by atoms with Crippen LogP contribution in [0.3, 0.4) is 0 Å². The maximum absolute atomic E-state index is 11.7. The molecule has 7 heteroatoms. The average molecular weight is 299 g/mol. The number of nitrogens with two attached hydrogens (primary N) is 1. The molecule has 0 radical (unpaired) electrons. The molecule has 1 amide bonds. The van der Waals surface area contributed by atoms with Gasteiger partial charge in [0.2, 0.25) is 5.91 Å². The number of hydrogen-bond acceptors (Lipinski definition) is 5. The van der Waals surface area contributed by atoms with Gasteiger partial charge in [0, 0.05) is 37.1 Å². The third kappa shape index (κ3) is 7.10. The third-order valence-electron chi connectivity index (χ3n) is 2.73. The maximum Gasteiger partial charge on any atom is 0.225 e. The van der Waals surface area contributed by atoms with Crippen LogP contribution in [-0.4, -0.2) is 51.4 Å². The van der Waals surface area contributed by atoms with Crippen LogP contribution in [-0.2, 0) is 14.6 Å². The SMILES string of the molecule is CN(CCC(=O)Nc1cccc(N)c1)CCS(C)(=O)=O. The molecule has 0 aliphatic heterocycles. The summed E-state index contributed by atoms with van der Waals surface area (Å²) in [6.07, 6.45) is 1.50. The molecule has 0 aliphatic carbocycles. The molecule has 3 N–H and O–H groups in total. The van der Waals surface area contributed by atoms with Gasteiger partial charge in [-0.05, 0) is 25.2 Å². The molecule has 0 bridgehead atoms. The molecule has 0 atom stereocenters. The zero-order valence-electron chi connectivity index (χ0n) is 11.8. The number of carbonyl (C=O) groups is 1. The Morgan fingerprint density at radius 3 is 2.65 bits per heavy atom. The van der Waals surface area contributed by atoms with E-state index in [1.807, 2.05) is 4.90 Å². The lowest BCUT2D eigenvalue weighted by atomic mass is 10.2. The van der Waals surface area contributed by atoms with Crippen molar-refractivity contribution in [2.45, 2.75) is 6.42 Å². The normalized spacial score (nSPS) is 11.6. The van der Waals surface area contributed by atoms with Gasteiger partial charge in [-0.15, -0.1) is 0 Å². The van der Waals surface area contributed by atoms with Crippen molar-refractivity contribution in [1.29, 1.82) is 0 Å². The Hall–Kier alpha value is -1.60. The van der Waals surface area contributed by atoms with E-state index in [9.17, 15) is 13.2 Å². The van der Waals surface area contributed by atoms with Gasteiger partial charge in [0.05, 0.1) is 5.75 Å². The van der Waals surface area contributed by atoms with Crippen molar-refractivity contribution in [3.05, 3.63) is 24.3 Å². The van der Waals surface area contributed by atoms with Gasteiger partial charge >= 0.3 is 0 Å². The zero-order valence-corrected chi connectivity index (χ0v) is 12.6. The van der Waals surface area contributed by atoms with E-state index in [-0.39, 0.29) is 11.7 Å². The molecule has 0 aromatic heterocycles. The molecule has 1 rings (SSSR count). The molecule has 0 aliphatic rings. The van der Waals surface area contributed by atoms with Gasteiger partial charge in [0.1, 0.15) is 9.84 Å². The number of nitrogens with one attached hydrogen (secondary N) is 1. The van der Waals surface area contributed by atoms with Crippen molar-refractivity contribution in [1.82, 2.24) is 4.90 Å². The summed E-state index contributed by atoms with van der Waals surface area (Å²) in [6.45, 7) is 0.925. The van der Waals surface area contributed by atoms with Crippen molar-refractivity contribution in [3.63, 3.8) is 0 Å². The molecule has 0 heterocycles. The van der Waals surface area contributed by atoms with Crippen LogP contribution in [0, 0.1) is 0 Å². The Balaban J connectivity index is 2.33. The van der Waals surface area contributed by atoms with Crippen molar-refractivity contribution in [3.8, 4) is 0 Å². The first-order chi connectivity index (χ1) is 9.26. The molecule has 0 unspecified atom stereocenters. The van der Waals surface area contributed by atoms with Crippen LogP contribution in [0.15, 0.2) is 24.3 Å². The lowest BCUT2D eigenvalue weighted by Crippen LogP contribution is -2.28. The lowest BCUT2D eigenvalue weighted by molar-refractivity contribution is -0.116. The number of nitrogens with zero attached hydrogens (tertiary/aromatic N) is 1. The first-order valence-electron chi connectivity index (χ1n) is 6.28. The molecule has 20 heavy (non-hydrogen) atoms. The summed E-state index contributed by atoms with van der Waals surface area (Å²) < 4.78 is 22.1. The fraction of sp³-hybridized carbons (Fsp3) is 0.462. The van der Waals surface area contributed by atoms with E-state index in [0.717, 1.165) is 0 Å². The predicted molar refractivity (Wildman–Crippen MR) is 81.3 cm³/mol. The Kier molecular flexibility index (Phi) is 5.97. The van der Waals surface area contributed by atoms with Crippen LogP contribution in [0.25, 0.3) is 0 Å². The van der Waals surface area contributed by atoms with Gasteiger partial charge in [-0.25, -0.2) is 8.42 Å². The minimum absolute atomic E-state index is 0.0976. The van der Waals surface area contributed by atoms with Crippen molar-refractivity contribution in [2.75, 3.05) is 43.2 Å². The minimum atomic E-state index is -2.97. The predicted octanol–water partition coefficient (Wildman–Crippen LogP) is 0.574. The summed E-state index contributed by atoms with van der Waals surface area (Å²) in [4.78, 5) is 13.6. The summed E-state index contributed by atoms with van der Waals surface area (Å²) >= 11 is 0. The molecule has 0 fully saturated rings. The molecule has 0 spiro atoms. The molecule has 112 valence electrons. The van der Waals surface area contributed by atoms with Crippen LogP contribution < -0.4 is 11.1 Å². The topological polar surface area (TPSA) is 92.5 Å². The summed E-state index contributed by atoms with van der Waals surface area (Å²) in [5.74, 6) is -0.0258. The van der Waals surface area contributed by atoms with Crippen molar-refractivity contribution >= 4 is 27.1 Å². The summed E-state index contributed by atoms with van der Waals surface area (Å²) in [7, 11) is -1.18. The van der Waals surface area contributed by atoms with Crippen LogP contribution in [0.4, 0.5) is 11.4 Å². The first kappa shape index (κ1) is 16.5. The van der Waals surface area contributed by atoms with E-state index in [1.165, 1.54) is 6.26 Å². The highest BCUT2D eigenvalue weighted by atomic mass is 32.2. The highest BCUT2D eigenvalue weighted by molar-refractivity contribution is 7.90. The maximum atomic E-state index is 11.7. The number of carbonyl (C=O) groups excluding carboxylic acids is 1. The van der Waals surface area contributed by atoms with Crippen LogP contribution in [0.5, 0.6) is 0 Å². The Bertz CT molecular complexity index is 558. The smallest absolute Gasteiger partial charge is 0.225 e. The van der Waals surface area contributed by atoms with Gasteiger partial charge in [-0.1, -0.05) is 6.07 Å². The van der Waals surface area contributed by atoms with Gasteiger partial charge in [-0.2, -0.15) is 0 Å². The quantitative estimate of drug-likeness (QED) is 0.718. The highest BCUT2D eigenvalue weighted by Crippen LogP contribution is 2.11. The second-order valence-corrected chi connectivity index (χ2v) is 7.12. The van der Waals surface area contributed by atoms with Crippen LogP contribution in [0.2, 0.25) is 0 Å². The number of anilines is 2. The standard InChI is InChI=1S/C13H21N3O3S/c1-16(8-9-20(2,18)19)7-6-13(17)15-12-5-3-4-11(14)10-12/h3-5,10H,6-9,14H2,1-2H3,(H,15,17). The molecule has 1 aromatic carbocycles. The highest BCUT2D eigenvalue weighted by Gasteiger charge is 2.08. The second kappa shape index (κ2) is 7.25. The Morgan fingerprint density at radius 1 is 1.35 bits per heavy atom. The van der Waals surface area contributed by atoms with Crippen LogP contribution >= 0.6 is 0 Å².